The van der Waals surface area contributed by atoms with Gasteiger partial charge in [0.05, 0.1) is 5.60 Å². The second-order valence-electron chi connectivity index (χ2n) is 4.78. The Morgan fingerprint density at radius 3 is 2.47 bits per heavy atom. The fourth-order valence-electron chi connectivity index (χ4n) is 1.76. The molecule has 1 fully saturated rings. The van der Waals surface area contributed by atoms with Gasteiger partial charge in [0.15, 0.2) is 0 Å². The first-order valence-corrected chi connectivity index (χ1v) is 7.38. The summed E-state index contributed by atoms with van der Waals surface area (Å²) in [5, 5.41) is 13.1. The van der Waals surface area contributed by atoms with Gasteiger partial charge in [-0.05, 0) is 44.6 Å². The van der Waals surface area contributed by atoms with Gasteiger partial charge in [0.1, 0.15) is 0 Å². The van der Waals surface area contributed by atoms with Gasteiger partial charge in [-0.2, -0.15) is 11.8 Å². The van der Waals surface area contributed by atoms with E-state index in [1.165, 1.54) is 0 Å². The molecule has 2 N–H and O–H groups in total. The van der Waals surface area contributed by atoms with Gasteiger partial charge in [-0.15, -0.1) is 0 Å². The number of carbonyl (C=O) groups excluding carboxylic acids is 1. The lowest BCUT2D eigenvalue weighted by molar-refractivity contribution is -0.118. The number of rotatable bonds is 4. The third-order valence-corrected chi connectivity index (χ3v) is 4.50. The molecule has 98 valence electrons. The molecule has 0 radical (unpaired) electrons. The van der Waals surface area contributed by atoms with E-state index in [2.05, 4.69) is 5.32 Å². The third-order valence-electron chi connectivity index (χ3n) is 3.51. The monoisotopic (exact) mass is 257 g/mol. The minimum Gasteiger partial charge on any atom is -0.388 e. The van der Waals surface area contributed by atoms with Gasteiger partial charge < -0.3 is 10.4 Å². The van der Waals surface area contributed by atoms with Gasteiger partial charge in [0.25, 0.3) is 0 Å². The van der Waals surface area contributed by atoms with Crippen LogP contribution in [0.3, 0.4) is 0 Å². The van der Waals surface area contributed by atoms with E-state index in [1.807, 2.05) is 32.5 Å². The van der Waals surface area contributed by atoms with Gasteiger partial charge in [0.2, 0.25) is 5.91 Å². The predicted molar refractivity (Wildman–Crippen MR) is 73.2 cm³/mol. The van der Waals surface area contributed by atoms with E-state index in [0.717, 1.165) is 41.9 Å². The van der Waals surface area contributed by atoms with Crippen LogP contribution >= 0.6 is 11.8 Å². The van der Waals surface area contributed by atoms with E-state index in [9.17, 15) is 9.90 Å². The van der Waals surface area contributed by atoms with Crippen LogP contribution in [0, 0.1) is 0 Å². The highest BCUT2D eigenvalue weighted by Gasteiger charge is 2.29. The van der Waals surface area contributed by atoms with E-state index in [1.54, 1.807) is 0 Å². The zero-order valence-corrected chi connectivity index (χ0v) is 11.8. The number of nitrogens with one attached hydrogen (secondary N) is 1. The lowest BCUT2D eigenvalue weighted by Crippen LogP contribution is -2.45. The van der Waals surface area contributed by atoms with Gasteiger partial charge in [-0.25, -0.2) is 0 Å². The van der Waals surface area contributed by atoms with E-state index < -0.39 is 5.60 Å². The molecule has 0 spiro atoms. The van der Waals surface area contributed by atoms with E-state index in [0.29, 0.717) is 6.54 Å². The van der Waals surface area contributed by atoms with Crippen molar-refractivity contribution in [1.29, 1.82) is 0 Å². The SMILES string of the molecule is CCC(C)=C(C)C(=O)NCC1(O)CCSCC1. The highest BCUT2D eigenvalue weighted by molar-refractivity contribution is 7.99. The van der Waals surface area contributed by atoms with Gasteiger partial charge >= 0.3 is 0 Å². The Morgan fingerprint density at radius 1 is 1.35 bits per heavy atom. The molecule has 0 aromatic rings. The molecule has 0 atom stereocenters. The Labute approximate surface area is 108 Å². The number of hydrogen-bond donors (Lipinski definition) is 2. The average Bonchev–Trinajstić information content (AvgIpc) is 2.35. The third kappa shape index (κ3) is 4.36. The van der Waals surface area contributed by atoms with Crippen molar-refractivity contribution in [3.8, 4) is 0 Å². The summed E-state index contributed by atoms with van der Waals surface area (Å²) in [6.45, 7) is 6.23. The van der Waals surface area contributed by atoms with Crippen molar-refractivity contribution in [3.63, 3.8) is 0 Å². The number of thioether (sulfide) groups is 1. The molecule has 1 heterocycles. The summed E-state index contributed by atoms with van der Waals surface area (Å²) in [4.78, 5) is 11.8. The van der Waals surface area contributed by atoms with Crippen LogP contribution in [0.5, 0.6) is 0 Å². The summed E-state index contributed by atoms with van der Waals surface area (Å²) in [6.07, 6.45) is 2.43. The molecule has 1 aliphatic rings. The molecule has 0 aliphatic carbocycles. The second-order valence-corrected chi connectivity index (χ2v) is 6.00. The summed E-state index contributed by atoms with van der Waals surface area (Å²) >= 11 is 1.86. The van der Waals surface area contributed by atoms with Crippen LogP contribution in [-0.4, -0.2) is 34.7 Å². The fourth-order valence-corrected chi connectivity index (χ4v) is 3.02. The average molecular weight is 257 g/mol. The van der Waals surface area contributed by atoms with Crippen LogP contribution in [0.4, 0.5) is 0 Å². The maximum Gasteiger partial charge on any atom is 0.246 e. The normalized spacial score (nSPS) is 20.7. The molecule has 17 heavy (non-hydrogen) atoms. The van der Waals surface area contributed by atoms with Crippen molar-refractivity contribution in [1.82, 2.24) is 5.32 Å². The Morgan fingerprint density at radius 2 is 1.94 bits per heavy atom. The maximum absolute atomic E-state index is 11.8. The minimum atomic E-state index is -0.693. The molecule has 0 aromatic carbocycles. The molecule has 1 rings (SSSR count). The lowest BCUT2D eigenvalue weighted by atomic mass is 9.96. The van der Waals surface area contributed by atoms with Crippen LogP contribution in [0.1, 0.15) is 40.0 Å². The molecule has 1 amide bonds. The Bertz CT molecular complexity index is 307. The van der Waals surface area contributed by atoms with Crippen molar-refractivity contribution in [2.45, 2.75) is 45.6 Å². The molecular weight excluding hydrogens is 234 g/mol. The van der Waals surface area contributed by atoms with Crippen LogP contribution in [0.15, 0.2) is 11.1 Å². The fraction of sp³-hybridized carbons (Fsp3) is 0.769. The topological polar surface area (TPSA) is 49.3 Å². The summed E-state index contributed by atoms with van der Waals surface area (Å²) in [5.74, 6) is 1.92. The Kier molecular flexibility index (Phi) is 5.53. The van der Waals surface area contributed by atoms with Crippen LogP contribution in [0.25, 0.3) is 0 Å². The molecule has 4 heteroatoms. The van der Waals surface area contributed by atoms with Crippen LogP contribution < -0.4 is 5.32 Å². The molecule has 1 saturated heterocycles. The molecule has 1 aliphatic heterocycles. The summed E-state index contributed by atoms with van der Waals surface area (Å²) < 4.78 is 0. The van der Waals surface area contributed by atoms with Crippen molar-refractivity contribution < 1.29 is 9.90 Å². The Balaban J connectivity index is 2.47. The summed E-state index contributed by atoms with van der Waals surface area (Å²) in [5.41, 5.74) is 1.19. The molecule has 0 bridgehead atoms. The maximum atomic E-state index is 11.8. The highest BCUT2D eigenvalue weighted by Crippen LogP contribution is 2.26. The number of carbonyl (C=O) groups is 1. The predicted octanol–water partition coefficient (Wildman–Crippen LogP) is 2.11. The number of hydrogen-bond acceptors (Lipinski definition) is 3. The number of amides is 1. The first-order chi connectivity index (χ1) is 7.98. The molecule has 3 nitrogen and oxygen atoms in total. The van der Waals surface area contributed by atoms with Crippen molar-refractivity contribution in [2.24, 2.45) is 0 Å². The number of allylic oxidation sites excluding steroid dienone is 1. The first kappa shape index (κ1) is 14.6. The zero-order chi connectivity index (χ0) is 12.9. The van der Waals surface area contributed by atoms with Crippen molar-refractivity contribution in [2.75, 3.05) is 18.1 Å². The molecule has 0 aromatic heterocycles. The Hall–Kier alpha value is -0.480. The number of aliphatic hydroxyl groups is 1. The smallest absolute Gasteiger partial charge is 0.246 e. The molecule has 0 unspecified atom stereocenters. The molecular formula is C13H23NO2S. The van der Waals surface area contributed by atoms with Gasteiger partial charge in [-0.3, -0.25) is 4.79 Å². The standard InChI is InChI=1S/C13H23NO2S/c1-4-10(2)11(3)12(15)14-9-13(16)5-7-17-8-6-13/h16H,4-9H2,1-3H3,(H,14,15). The summed E-state index contributed by atoms with van der Waals surface area (Å²) in [6, 6.07) is 0. The quantitative estimate of drug-likeness (QED) is 0.758. The minimum absolute atomic E-state index is 0.0454. The van der Waals surface area contributed by atoms with Crippen molar-refractivity contribution >= 4 is 17.7 Å². The second kappa shape index (κ2) is 6.45. The zero-order valence-electron chi connectivity index (χ0n) is 11.0. The highest BCUT2D eigenvalue weighted by atomic mass is 32.2. The van der Waals surface area contributed by atoms with Crippen LogP contribution in [-0.2, 0) is 4.79 Å². The van der Waals surface area contributed by atoms with E-state index in [4.69, 9.17) is 0 Å². The lowest BCUT2D eigenvalue weighted by Gasteiger charge is -2.31. The largest absolute Gasteiger partial charge is 0.388 e. The van der Waals surface area contributed by atoms with Gasteiger partial charge in [0, 0.05) is 12.1 Å². The van der Waals surface area contributed by atoms with E-state index >= 15 is 0 Å². The first-order valence-electron chi connectivity index (χ1n) is 6.23. The molecule has 0 saturated carbocycles. The van der Waals surface area contributed by atoms with Gasteiger partial charge in [-0.1, -0.05) is 12.5 Å². The summed E-state index contributed by atoms with van der Waals surface area (Å²) in [7, 11) is 0. The van der Waals surface area contributed by atoms with Crippen LogP contribution in [0.2, 0.25) is 0 Å². The van der Waals surface area contributed by atoms with Crippen molar-refractivity contribution in [3.05, 3.63) is 11.1 Å². The van der Waals surface area contributed by atoms with E-state index in [-0.39, 0.29) is 5.91 Å².